The average molecular weight is 487 g/mol. The molecule has 9 heteroatoms. The number of benzene rings is 2. The molecular formula is C27H30N6O3. The summed E-state index contributed by atoms with van der Waals surface area (Å²) in [6.07, 6.45) is 1.70. The van der Waals surface area contributed by atoms with Crippen LogP contribution in [0.15, 0.2) is 60.8 Å². The van der Waals surface area contributed by atoms with Crippen molar-refractivity contribution in [1.29, 1.82) is 0 Å². The monoisotopic (exact) mass is 486 g/mol. The topological polar surface area (TPSA) is 84.2 Å². The number of carbonyl (C=O) groups excluding carboxylic acids is 1. The number of aromatic nitrogens is 3. The third kappa shape index (κ3) is 4.83. The molecule has 4 aromatic rings. The van der Waals surface area contributed by atoms with Gasteiger partial charge in [-0.1, -0.05) is 12.1 Å². The van der Waals surface area contributed by atoms with Crippen LogP contribution < -0.4 is 19.7 Å². The number of carbonyl (C=O) groups is 1. The number of ether oxygens (including phenoxy) is 2. The number of amides is 1. The summed E-state index contributed by atoms with van der Waals surface area (Å²) in [6.45, 7) is 4.62. The third-order valence-electron chi connectivity index (χ3n) is 6.53. The van der Waals surface area contributed by atoms with Crippen LogP contribution in [-0.2, 0) is 6.54 Å². The largest absolute Gasteiger partial charge is 0.493 e. The highest BCUT2D eigenvalue weighted by Crippen LogP contribution is 2.32. The molecule has 1 aliphatic rings. The Morgan fingerprint density at radius 2 is 1.69 bits per heavy atom. The lowest BCUT2D eigenvalue weighted by molar-refractivity contribution is 0.0945. The fraction of sp³-hybridized carbons (Fsp3) is 0.296. The predicted octanol–water partition coefficient (Wildman–Crippen LogP) is 3.10. The van der Waals surface area contributed by atoms with Crippen molar-refractivity contribution in [1.82, 2.24) is 24.8 Å². The quantitative estimate of drug-likeness (QED) is 0.430. The molecule has 2 aromatic heterocycles. The molecule has 0 unspecified atom stereocenters. The van der Waals surface area contributed by atoms with E-state index in [9.17, 15) is 4.79 Å². The summed E-state index contributed by atoms with van der Waals surface area (Å²) >= 11 is 0. The molecule has 1 amide bonds. The van der Waals surface area contributed by atoms with Crippen LogP contribution in [0.25, 0.3) is 16.9 Å². The highest BCUT2D eigenvalue weighted by atomic mass is 16.5. The number of fused-ring (bicyclic) bond motifs is 1. The molecule has 0 saturated carbocycles. The number of hydrogen-bond acceptors (Lipinski definition) is 7. The Morgan fingerprint density at radius 3 is 2.42 bits per heavy atom. The van der Waals surface area contributed by atoms with Crippen LogP contribution in [0.4, 0.5) is 5.69 Å². The number of hydrogen-bond donors (Lipinski definition) is 1. The second kappa shape index (κ2) is 10.2. The molecule has 36 heavy (non-hydrogen) atoms. The van der Waals surface area contributed by atoms with Crippen molar-refractivity contribution in [2.75, 3.05) is 52.3 Å². The lowest BCUT2D eigenvalue weighted by Gasteiger charge is -2.34. The first kappa shape index (κ1) is 23.6. The van der Waals surface area contributed by atoms with Gasteiger partial charge in [0.05, 0.1) is 19.9 Å². The molecule has 1 N–H and O–H groups in total. The Bertz CT molecular complexity index is 1360. The van der Waals surface area contributed by atoms with E-state index in [1.807, 2.05) is 24.3 Å². The zero-order chi connectivity index (χ0) is 25.1. The van der Waals surface area contributed by atoms with Gasteiger partial charge in [-0.15, -0.1) is 0 Å². The second-order valence-electron chi connectivity index (χ2n) is 8.84. The van der Waals surface area contributed by atoms with Crippen molar-refractivity contribution in [3.05, 3.63) is 72.1 Å². The first-order valence-corrected chi connectivity index (χ1v) is 11.9. The Labute approximate surface area is 210 Å². The van der Waals surface area contributed by atoms with Gasteiger partial charge in [-0.2, -0.15) is 5.10 Å². The molecular weight excluding hydrogens is 456 g/mol. The zero-order valence-corrected chi connectivity index (χ0v) is 20.8. The number of anilines is 1. The lowest BCUT2D eigenvalue weighted by atomic mass is 10.1. The fourth-order valence-corrected chi connectivity index (χ4v) is 4.38. The van der Waals surface area contributed by atoms with E-state index in [-0.39, 0.29) is 5.91 Å². The molecule has 1 fully saturated rings. The minimum atomic E-state index is -0.248. The summed E-state index contributed by atoms with van der Waals surface area (Å²) < 4.78 is 12.4. The van der Waals surface area contributed by atoms with E-state index in [0.29, 0.717) is 29.4 Å². The van der Waals surface area contributed by atoms with Crippen molar-refractivity contribution < 1.29 is 14.3 Å². The maximum atomic E-state index is 12.9. The van der Waals surface area contributed by atoms with Crippen LogP contribution in [0, 0.1) is 0 Å². The van der Waals surface area contributed by atoms with E-state index in [1.54, 1.807) is 31.0 Å². The first-order valence-electron chi connectivity index (χ1n) is 11.9. The van der Waals surface area contributed by atoms with Crippen molar-refractivity contribution in [3.63, 3.8) is 0 Å². The van der Waals surface area contributed by atoms with Gasteiger partial charge in [0.15, 0.2) is 22.8 Å². The van der Waals surface area contributed by atoms with E-state index in [2.05, 4.69) is 56.5 Å². The Kier molecular flexibility index (Phi) is 6.73. The number of methoxy groups -OCH3 is 2. The van der Waals surface area contributed by atoms with E-state index in [0.717, 1.165) is 43.0 Å². The highest BCUT2D eigenvalue weighted by Gasteiger charge is 2.16. The van der Waals surface area contributed by atoms with E-state index in [4.69, 9.17) is 9.47 Å². The van der Waals surface area contributed by atoms with Gasteiger partial charge in [-0.3, -0.25) is 4.79 Å². The van der Waals surface area contributed by atoms with Crippen molar-refractivity contribution >= 4 is 17.2 Å². The van der Waals surface area contributed by atoms with E-state index >= 15 is 0 Å². The van der Waals surface area contributed by atoms with Crippen LogP contribution in [0.2, 0.25) is 0 Å². The SMILES string of the molecule is COc1ccc(-c2ccnc3cc(C(=O)NCc4ccc(N5CCN(C)CC5)cc4)nn23)cc1OC. The minimum Gasteiger partial charge on any atom is -0.493 e. The molecule has 0 bridgehead atoms. The van der Waals surface area contributed by atoms with Crippen LogP contribution in [0.3, 0.4) is 0 Å². The number of piperazine rings is 1. The Balaban J connectivity index is 1.29. The highest BCUT2D eigenvalue weighted by molar-refractivity contribution is 5.93. The molecule has 0 spiro atoms. The second-order valence-corrected chi connectivity index (χ2v) is 8.84. The maximum absolute atomic E-state index is 12.9. The molecule has 2 aromatic carbocycles. The zero-order valence-electron chi connectivity index (χ0n) is 20.8. The van der Waals surface area contributed by atoms with E-state index in [1.165, 1.54) is 5.69 Å². The van der Waals surface area contributed by atoms with Gasteiger partial charge < -0.3 is 24.6 Å². The number of rotatable bonds is 7. The van der Waals surface area contributed by atoms with Gasteiger partial charge in [0.1, 0.15) is 0 Å². The molecule has 186 valence electrons. The Morgan fingerprint density at radius 1 is 0.944 bits per heavy atom. The first-order chi connectivity index (χ1) is 17.6. The van der Waals surface area contributed by atoms with Crippen molar-refractivity contribution in [2.45, 2.75) is 6.54 Å². The lowest BCUT2D eigenvalue weighted by Crippen LogP contribution is -2.44. The molecule has 9 nitrogen and oxygen atoms in total. The average Bonchev–Trinajstić information content (AvgIpc) is 3.37. The normalized spacial score (nSPS) is 14.1. The molecule has 5 rings (SSSR count). The van der Waals surface area contributed by atoms with Crippen LogP contribution in [0.5, 0.6) is 11.5 Å². The number of nitrogens with one attached hydrogen (secondary N) is 1. The summed E-state index contributed by atoms with van der Waals surface area (Å²) in [7, 11) is 5.35. The molecule has 1 aliphatic heterocycles. The van der Waals surface area contributed by atoms with Crippen molar-refractivity contribution in [2.24, 2.45) is 0 Å². The van der Waals surface area contributed by atoms with Crippen LogP contribution in [0.1, 0.15) is 16.1 Å². The minimum absolute atomic E-state index is 0.248. The Hall–Kier alpha value is -4.11. The predicted molar refractivity (Wildman–Crippen MR) is 139 cm³/mol. The molecule has 3 heterocycles. The molecule has 0 aliphatic carbocycles. The van der Waals surface area contributed by atoms with Gasteiger partial charge in [-0.25, -0.2) is 9.50 Å². The number of nitrogens with zero attached hydrogens (tertiary/aromatic N) is 5. The molecule has 0 atom stereocenters. The number of likely N-dealkylation sites (N-methyl/N-ethyl adjacent to an activating group) is 1. The fourth-order valence-electron chi connectivity index (χ4n) is 4.38. The van der Waals surface area contributed by atoms with Gasteiger partial charge in [0.2, 0.25) is 0 Å². The van der Waals surface area contributed by atoms with Gasteiger partial charge in [0, 0.05) is 56.2 Å². The third-order valence-corrected chi connectivity index (χ3v) is 6.53. The molecule has 1 saturated heterocycles. The maximum Gasteiger partial charge on any atom is 0.272 e. The van der Waals surface area contributed by atoms with Gasteiger partial charge in [-0.05, 0) is 49.0 Å². The van der Waals surface area contributed by atoms with Crippen molar-refractivity contribution in [3.8, 4) is 22.8 Å². The summed E-state index contributed by atoms with van der Waals surface area (Å²) in [5, 5.41) is 7.51. The van der Waals surface area contributed by atoms with Crippen LogP contribution in [-0.4, -0.2) is 72.9 Å². The molecule has 0 radical (unpaired) electrons. The summed E-state index contributed by atoms with van der Waals surface area (Å²) in [5.41, 5.74) is 4.81. The standard InChI is InChI=1S/C27H30N6O3/c1-31-12-14-32(15-13-31)21-7-4-19(5-8-21)18-29-27(34)22-17-26-28-11-10-23(33(26)30-22)20-6-9-24(35-2)25(16-20)36-3/h4-11,16-17H,12-15,18H2,1-3H3,(H,29,34). The summed E-state index contributed by atoms with van der Waals surface area (Å²) in [5.74, 6) is 1.01. The smallest absolute Gasteiger partial charge is 0.272 e. The van der Waals surface area contributed by atoms with Gasteiger partial charge in [0.25, 0.3) is 5.91 Å². The van der Waals surface area contributed by atoms with Crippen LogP contribution >= 0.6 is 0 Å². The van der Waals surface area contributed by atoms with Gasteiger partial charge >= 0.3 is 0 Å². The summed E-state index contributed by atoms with van der Waals surface area (Å²) in [6, 6.07) is 17.6. The van der Waals surface area contributed by atoms with E-state index < -0.39 is 0 Å². The summed E-state index contributed by atoms with van der Waals surface area (Å²) in [4.78, 5) is 22.0.